The minimum atomic E-state index is -0.400. The predicted molar refractivity (Wildman–Crippen MR) is 129 cm³/mol. The van der Waals surface area contributed by atoms with Crippen molar-refractivity contribution in [2.45, 2.75) is 77.9 Å². The van der Waals surface area contributed by atoms with Gasteiger partial charge in [-0.3, -0.25) is 9.59 Å². The maximum absolute atomic E-state index is 12.8. The number of likely N-dealkylation sites (tertiary alicyclic amines) is 1. The van der Waals surface area contributed by atoms with Gasteiger partial charge in [-0.25, -0.2) is 4.98 Å². The van der Waals surface area contributed by atoms with Gasteiger partial charge in [0.2, 0.25) is 0 Å². The molecule has 0 aromatic carbocycles. The van der Waals surface area contributed by atoms with Crippen LogP contribution in [0.25, 0.3) is 0 Å². The van der Waals surface area contributed by atoms with Gasteiger partial charge in [0, 0.05) is 56.9 Å². The van der Waals surface area contributed by atoms with Crippen molar-refractivity contribution in [3.8, 4) is 6.07 Å². The normalized spacial score (nSPS) is 20.0. The number of ether oxygens (including phenoxy) is 1. The number of unbranched alkanes of at least 4 members (excludes halogenated alkanes) is 1. The standard InChI is InChI=1S/C26H37N5O3/c1-4-5-9-22-21-18-34-26(2,3)16-19(21)20(17-27)23(28-22)29-12-14-31(15-13-29)25(33)24(32)30-10-7-6-8-11-30/h4-16,18H2,1-3H3. The summed E-state index contributed by atoms with van der Waals surface area (Å²) in [6.07, 6.45) is 6.72. The Bertz CT molecular complexity index is 970. The van der Waals surface area contributed by atoms with Crippen molar-refractivity contribution in [2.24, 2.45) is 0 Å². The Morgan fingerprint density at radius 1 is 1.00 bits per heavy atom. The third-order valence-corrected chi connectivity index (χ3v) is 7.26. The summed E-state index contributed by atoms with van der Waals surface area (Å²) in [7, 11) is 0. The highest BCUT2D eigenvalue weighted by Gasteiger charge is 2.35. The van der Waals surface area contributed by atoms with Crippen molar-refractivity contribution < 1.29 is 14.3 Å². The molecular weight excluding hydrogens is 430 g/mol. The molecule has 0 N–H and O–H groups in total. The quantitative estimate of drug-likeness (QED) is 0.633. The van der Waals surface area contributed by atoms with Gasteiger partial charge in [0.15, 0.2) is 0 Å². The van der Waals surface area contributed by atoms with E-state index >= 15 is 0 Å². The van der Waals surface area contributed by atoms with Crippen molar-refractivity contribution in [2.75, 3.05) is 44.2 Å². The van der Waals surface area contributed by atoms with Crippen LogP contribution in [0.5, 0.6) is 0 Å². The van der Waals surface area contributed by atoms with E-state index < -0.39 is 5.91 Å². The minimum Gasteiger partial charge on any atom is -0.370 e. The number of anilines is 1. The van der Waals surface area contributed by atoms with Crippen LogP contribution in [-0.4, -0.2) is 71.5 Å². The summed E-state index contributed by atoms with van der Waals surface area (Å²) >= 11 is 0. The second-order valence-electron chi connectivity index (χ2n) is 10.3. The Morgan fingerprint density at radius 2 is 1.65 bits per heavy atom. The number of nitriles is 1. The molecule has 0 atom stereocenters. The van der Waals surface area contributed by atoms with E-state index in [1.165, 1.54) is 0 Å². The molecule has 0 bridgehead atoms. The molecule has 0 spiro atoms. The number of aryl methyl sites for hydroxylation is 1. The van der Waals surface area contributed by atoms with Crippen molar-refractivity contribution in [1.82, 2.24) is 14.8 Å². The molecule has 2 amide bonds. The molecule has 0 aliphatic carbocycles. The number of nitrogens with zero attached hydrogens (tertiary/aromatic N) is 5. The number of hydrogen-bond acceptors (Lipinski definition) is 6. The van der Waals surface area contributed by atoms with Crippen LogP contribution in [0, 0.1) is 11.3 Å². The van der Waals surface area contributed by atoms with Crippen LogP contribution in [0.4, 0.5) is 5.82 Å². The van der Waals surface area contributed by atoms with Crippen LogP contribution in [-0.2, 0) is 33.8 Å². The average Bonchev–Trinajstić information content (AvgIpc) is 2.86. The van der Waals surface area contributed by atoms with Crippen LogP contribution in [0.3, 0.4) is 0 Å². The summed E-state index contributed by atoms with van der Waals surface area (Å²) in [6, 6.07) is 2.44. The topological polar surface area (TPSA) is 89.8 Å². The summed E-state index contributed by atoms with van der Waals surface area (Å²) in [4.78, 5) is 36.0. The molecule has 34 heavy (non-hydrogen) atoms. The lowest BCUT2D eigenvalue weighted by molar-refractivity contribution is -0.152. The monoisotopic (exact) mass is 467 g/mol. The van der Waals surface area contributed by atoms with Crippen LogP contribution < -0.4 is 4.90 Å². The lowest BCUT2D eigenvalue weighted by Gasteiger charge is -2.38. The molecule has 184 valence electrons. The number of fused-ring (bicyclic) bond motifs is 1. The van der Waals surface area contributed by atoms with E-state index in [1.807, 2.05) is 0 Å². The molecule has 1 aromatic rings. The number of carbonyl (C=O) groups excluding carboxylic acids is 2. The second kappa shape index (κ2) is 10.3. The van der Waals surface area contributed by atoms with Crippen LogP contribution in [0.2, 0.25) is 0 Å². The highest BCUT2D eigenvalue weighted by molar-refractivity contribution is 6.34. The number of aromatic nitrogens is 1. The molecule has 2 fully saturated rings. The van der Waals surface area contributed by atoms with Gasteiger partial charge in [0.25, 0.3) is 0 Å². The Kier molecular flexibility index (Phi) is 7.42. The number of carbonyl (C=O) groups is 2. The first-order valence-corrected chi connectivity index (χ1v) is 12.8. The molecule has 2 saturated heterocycles. The van der Waals surface area contributed by atoms with Crippen LogP contribution in [0.1, 0.15) is 75.3 Å². The van der Waals surface area contributed by atoms with E-state index in [1.54, 1.807) is 9.80 Å². The Morgan fingerprint density at radius 3 is 2.26 bits per heavy atom. The van der Waals surface area contributed by atoms with E-state index in [0.29, 0.717) is 57.9 Å². The van der Waals surface area contributed by atoms with E-state index in [9.17, 15) is 14.9 Å². The van der Waals surface area contributed by atoms with Gasteiger partial charge in [-0.15, -0.1) is 0 Å². The number of piperazine rings is 1. The van der Waals surface area contributed by atoms with E-state index in [2.05, 4.69) is 31.7 Å². The summed E-state index contributed by atoms with van der Waals surface area (Å²) in [5, 5.41) is 10.1. The first-order valence-electron chi connectivity index (χ1n) is 12.8. The second-order valence-corrected chi connectivity index (χ2v) is 10.3. The van der Waals surface area contributed by atoms with Crippen molar-refractivity contribution >= 4 is 17.6 Å². The smallest absolute Gasteiger partial charge is 0.312 e. The zero-order valence-corrected chi connectivity index (χ0v) is 20.9. The minimum absolute atomic E-state index is 0.320. The first kappa shape index (κ1) is 24.5. The number of piperidine rings is 1. The fourth-order valence-corrected chi connectivity index (χ4v) is 5.21. The molecule has 8 nitrogen and oxygen atoms in total. The van der Waals surface area contributed by atoms with Gasteiger partial charge in [-0.1, -0.05) is 13.3 Å². The van der Waals surface area contributed by atoms with Crippen molar-refractivity contribution in [3.63, 3.8) is 0 Å². The van der Waals surface area contributed by atoms with Crippen molar-refractivity contribution in [1.29, 1.82) is 5.26 Å². The van der Waals surface area contributed by atoms with Gasteiger partial charge < -0.3 is 19.4 Å². The SMILES string of the molecule is CCCCc1nc(N2CCN(C(=O)C(=O)N3CCCCC3)CC2)c(C#N)c2c1COC(C)(C)C2. The fraction of sp³-hybridized carbons (Fsp3) is 0.692. The van der Waals surface area contributed by atoms with Crippen LogP contribution >= 0.6 is 0 Å². The number of pyridine rings is 1. The Labute approximate surface area is 202 Å². The number of rotatable bonds is 4. The van der Waals surface area contributed by atoms with Crippen LogP contribution in [0.15, 0.2) is 0 Å². The van der Waals surface area contributed by atoms with Gasteiger partial charge in [-0.05, 0) is 51.5 Å². The summed E-state index contributed by atoms with van der Waals surface area (Å²) in [5.74, 6) is -0.0515. The van der Waals surface area contributed by atoms with E-state index in [4.69, 9.17) is 9.72 Å². The molecule has 1 aromatic heterocycles. The highest BCUT2D eigenvalue weighted by Crippen LogP contribution is 2.36. The molecule has 4 rings (SSSR count). The van der Waals surface area contributed by atoms with Gasteiger partial charge in [0.05, 0.1) is 17.8 Å². The van der Waals surface area contributed by atoms with Crippen molar-refractivity contribution in [3.05, 3.63) is 22.4 Å². The van der Waals surface area contributed by atoms with E-state index in [-0.39, 0.29) is 11.5 Å². The molecular formula is C26H37N5O3. The summed E-state index contributed by atoms with van der Waals surface area (Å²) in [6.45, 7) is 10.2. The Balaban J connectivity index is 1.53. The third-order valence-electron chi connectivity index (χ3n) is 7.26. The number of amides is 2. The summed E-state index contributed by atoms with van der Waals surface area (Å²) in [5.41, 5.74) is 3.48. The zero-order chi connectivity index (χ0) is 24.3. The maximum atomic E-state index is 12.8. The zero-order valence-electron chi connectivity index (χ0n) is 20.9. The maximum Gasteiger partial charge on any atom is 0.312 e. The lowest BCUT2D eigenvalue weighted by Crippen LogP contribution is -2.54. The highest BCUT2D eigenvalue weighted by atomic mass is 16.5. The fourth-order valence-electron chi connectivity index (χ4n) is 5.21. The first-order chi connectivity index (χ1) is 16.3. The third kappa shape index (κ3) is 5.05. The largest absolute Gasteiger partial charge is 0.370 e. The molecule has 3 aliphatic heterocycles. The molecule has 0 radical (unpaired) electrons. The van der Waals surface area contributed by atoms with Gasteiger partial charge in [0.1, 0.15) is 11.9 Å². The molecule has 8 heteroatoms. The molecule has 3 aliphatic rings. The van der Waals surface area contributed by atoms with Gasteiger partial charge in [-0.2, -0.15) is 5.26 Å². The predicted octanol–water partition coefficient (Wildman–Crippen LogP) is 2.81. The average molecular weight is 468 g/mol. The number of hydrogen-bond donors (Lipinski definition) is 0. The molecule has 4 heterocycles. The lowest BCUT2D eigenvalue weighted by atomic mass is 9.87. The summed E-state index contributed by atoms with van der Waals surface area (Å²) < 4.78 is 6.07. The van der Waals surface area contributed by atoms with Gasteiger partial charge >= 0.3 is 11.8 Å². The molecule has 0 saturated carbocycles. The Hall–Kier alpha value is -2.66. The van der Waals surface area contributed by atoms with E-state index in [0.717, 1.165) is 61.2 Å². The molecule has 0 unspecified atom stereocenters.